The number of aromatic nitrogens is 1. The zero-order valence-corrected chi connectivity index (χ0v) is 9.51. The van der Waals surface area contributed by atoms with Crippen molar-refractivity contribution in [2.24, 2.45) is 0 Å². The molecule has 0 bridgehead atoms. The Hall–Kier alpha value is -2.16. The number of ether oxygens (including phenoxy) is 1. The molecule has 1 aliphatic rings. The van der Waals surface area contributed by atoms with Crippen LogP contribution < -0.4 is 9.30 Å². The summed E-state index contributed by atoms with van der Waals surface area (Å²) in [7, 11) is 1.66. The minimum Gasteiger partial charge on any atom is -0.496 e. The third-order valence-corrected chi connectivity index (χ3v) is 3.13. The zero-order valence-electron chi connectivity index (χ0n) is 9.51. The fraction of sp³-hybridized carbons (Fsp3) is 0.143. The van der Waals surface area contributed by atoms with Crippen LogP contribution in [0.1, 0.15) is 15.9 Å². The van der Waals surface area contributed by atoms with Gasteiger partial charge in [0, 0.05) is 17.2 Å². The molecule has 3 heteroatoms. The van der Waals surface area contributed by atoms with E-state index in [9.17, 15) is 4.79 Å². The second kappa shape index (κ2) is 3.70. The number of rotatable bonds is 2. The van der Waals surface area contributed by atoms with Crippen molar-refractivity contribution in [3.8, 4) is 17.0 Å². The molecule has 0 amide bonds. The number of hydrogen-bond donors (Lipinski definition) is 0. The molecule has 0 aliphatic carbocycles. The number of aldehydes is 1. The van der Waals surface area contributed by atoms with Crippen LogP contribution in [0.4, 0.5) is 0 Å². The minimum absolute atomic E-state index is 0.708. The predicted octanol–water partition coefficient (Wildman–Crippen LogP) is 1.82. The Labute approximate surface area is 99.3 Å². The molecule has 0 radical (unpaired) electrons. The van der Waals surface area contributed by atoms with Gasteiger partial charge in [-0.15, -0.1) is 0 Å². The van der Waals surface area contributed by atoms with Crippen molar-refractivity contribution in [1.29, 1.82) is 0 Å². The summed E-state index contributed by atoms with van der Waals surface area (Å²) in [6.07, 6.45) is 2.89. The number of carbonyl (C=O) groups is 1. The largest absolute Gasteiger partial charge is 0.496 e. The Morgan fingerprint density at radius 3 is 2.94 bits per heavy atom. The van der Waals surface area contributed by atoms with Gasteiger partial charge in [0.25, 0.3) is 0 Å². The molecular weight excluding hydrogens is 214 g/mol. The number of carbonyl (C=O) groups excluding carboxylic acids is 1. The van der Waals surface area contributed by atoms with E-state index in [0.717, 1.165) is 29.8 Å². The zero-order chi connectivity index (χ0) is 11.8. The average molecular weight is 226 g/mol. The molecule has 0 saturated heterocycles. The normalized spacial score (nSPS) is 11.8. The van der Waals surface area contributed by atoms with Gasteiger partial charge in [0.15, 0.2) is 12.7 Å². The van der Waals surface area contributed by atoms with E-state index in [1.165, 1.54) is 5.56 Å². The molecule has 0 spiro atoms. The van der Waals surface area contributed by atoms with E-state index in [1.807, 2.05) is 36.5 Å². The first-order chi connectivity index (χ1) is 8.31. The number of methoxy groups -OCH3 is 1. The van der Waals surface area contributed by atoms with Crippen LogP contribution in [0.2, 0.25) is 0 Å². The Kier molecular flexibility index (Phi) is 2.18. The van der Waals surface area contributed by atoms with Gasteiger partial charge in [0.05, 0.1) is 18.7 Å². The predicted molar refractivity (Wildman–Crippen MR) is 63.1 cm³/mol. The fourth-order valence-corrected chi connectivity index (χ4v) is 2.23. The van der Waals surface area contributed by atoms with Crippen molar-refractivity contribution in [3.05, 3.63) is 47.7 Å². The summed E-state index contributed by atoms with van der Waals surface area (Å²) in [6, 6.07) is 9.74. The van der Waals surface area contributed by atoms with Crippen LogP contribution in [0.3, 0.4) is 0 Å². The molecule has 3 rings (SSSR count). The highest BCUT2D eigenvalue weighted by Crippen LogP contribution is 2.29. The van der Waals surface area contributed by atoms with Gasteiger partial charge in [-0.05, 0) is 6.07 Å². The van der Waals surface area contributed by atoms with Crippen LogP contribution in [0.25, 0.3) is 11.3 Å². The van der Waals surface area contributed by atoms with Gasteiger partial charge in [-0.2, -0.15) is 4.57 Å². The highest BCUT2D eigenvalue weighted by atomic mass is 16.5. The highest BCUT2D eigenvalue weighted by Gasteiger charge is 2.26. The highest BCUT2D eigenvalue weighted by molar-refractivity contribution is 5.79. The molecule has 2 aromatic rings. The maximum Gasteiger partial charge on any atom is 0.217 e. The molecule has 17 heavy (non-hydrogen) atoms. The van der Waals surface area contributed by atoms with Gasteiger partial charge in [-0.1, -0.05) is 12.1 Å². The van der Waals surface area contributed by atoms with Crippen LogP contribution in [0.15, 0.2) is 36.5 Å². The molecule has 2 heterocycles. The van der Waals surface area contributed by atoms with Gasteiger partial charge in [0.1, 0.15) is 12.0 Å². The van der Waals surface area contributed by atoms with E-state index in [4.69, 9.17) is 4.74 Å². The van der Waals surface area contributed by atoms with Gasteiger partial charge in [0.2, 0.25) is 5.69 Å². The number of benzene rings is 1. The molecule has 0 unspecified atom stereocenters. The molecule has 0 atom stereocenters. The summed E-state index contributed by atoms with van der Waals surface area (Å²) >= 11 is 0. The molecule has 0 N–H and O–H groups in total. The number of nitrogens with zero attached hydrogens (tertiary/aromatic N) is 1. The number of pyridine rings is 1. The van der Waals surface area contributed by atoms with Gasteiger partial charge in [-0.3, -0.25) is 4.79 Å². The summed E-state index contributed by atoms with van der Waals surface area (Å²) in [5.41, 5.74) is 4.17. The van der Waals surface area contributed by atoms with E-state index >= 15 is 0 Å². The van der Waals surface area contributed by atoms with E-state index in [-0.39, 0.29) is 0 Å². The third-order valence-electron chi connectivity index (χ3n) is 3.13. The van der Waals surface area contributed by atoms with Crippen molar-refractivity contribution in [1.82, 2.24) is 0 Å². The van der Waals surface area contributed by atoms with Crippen LogP contribution >= 0.6 is 0 Å². The second-order valence-electron chi connectivity index (χ2n) is 4.11. The van der Waals surface area contributed by atoms with Gasteiger partial charge < -0.3 is 4.74 Å². The van der Waals surface area contributed by atoms with Crippen molar-refractivity contribution in [2.45, 2.75) is 6.54 Å². The maximum absolute atomic E-state index is 10.8. The molecular formula is C14H12NO2+. The lowest BCUT2D eigenvalue weighted by Crippen LogP contribution is -2.31. The van der Waals surface area contributed by atoms with Crippen molar-refractivity contribution in [2.75, 3.05) is 7.11 Å². The summed E-state index contributed by atoms with van der Waals surface area (Å²) in [5, 5.41) is 0. The van der Waals surface area contributed by atoms with Crippen LogP contribution in [0, 0.1) is 0 Å². The third kappa shape index (κ3) is 1.51. The number of fused-ring (bicyclic) bond motifs is 3. The molecule has 84 valence electrons. The van der Waals surface area contributed by atoms with Crippen molar-refractivity contribution < 1.29 is 14.1 Å². The summed E-state index contributed by atoms with van der Waals surface area (Å²) in [4.78, 5) is 10.8. The molecule has 0 fully saturated rings. The van der Waals surface area contributed by atoms with Crippen molar-refractivity contribution >= 4 is 6.29 Å². The topological polar surface area (TPSA) is 30.2 Å². The standard InChI is InChI=1S/C14H12NO2/c1-17-12-4-5-15-8-11-3-2-10(9-16)6-13(11)14(15)7-12/h2-7,9H,8H2,1H3/q+1. The summed E-state index contributed by atoms with van der Waals surface area (Å²) in [5.74, 6) is 0.834. The van der Waals surface area contributed by atoms with Crippen LogP contribution in [0.5, 0.6) is 5.75 Å². The van der Waals surface area contributed by atoms with Crippen LogP contribution in [-0.2, 0) is 6.54 Å². The molecule has 1 aromatic carbocycles. The average Bonchev–Trinajstić information content (AvgIpc) is 2.75. The summed E-state index contributed by atoms with van der Waals surface area (Å²) in [6.45, 7) is 0.855. The lowest BCUT2D eigenvalue weighted by Gasteiger charge is -1.99. The van der Waals surface area contributed by atoms with Gasteiger partial charge in [-0.25, -0.2) is 0 Å². The Bertz CT molecular complexity index is 605. The Balaban J connectivity index is 2.20. The van der Waals surface area contributed by atoms with E-state index in [0.29, 0.717) is 5.56 Å². The Morgan fingerprint density at radius 2 is 2.18 bits per heavy atom. The first-order valence-corrected chi connectivity index (χ1v) is 5.48. The smallest absolute Gasteiger partial charge is 0.217 e. The quantitative estimate of drug-likeness (QED) is 0.493. The number of hydrogen-bond acceptors (Lipinski definition) is 2. The minimum atomic E-state index is 0.708. The monoisotopic (exact) mass is 226 g/mol. The summed E-state index contributed by atoms with van der Waals surface area (Å²) < 4.78 is 7.38. The lowest BCUT2D eigenvalue weighted by atomic mass is 10.0. The first-order valence-electron chi connectivity index (χ1n) is 5.48. The SMILES string of the molecule is COc1cc[n+]2c(c1)-c1cc(C=O)ccc1C2. The lowest BCUT2D eigenvalue weighted by molar-refractivity contribution is -0.672. The maximum atomic E-state index is 10.8. The van der Waals surface area contributed by atoms with Gasteiger partial charge >= 0.3 is 0 Å². The van der Waals surface area contributed by atoms with E-state index < -0.39 is 0 Å². The molecule has 1 aliphatic heterocycles. The Morgan fingerprint density at radius 1 is 1.29 bits per heavy atom. The molecule has 3 nitrogen and oxygen atoms in total. The molecule has 0 saturated carbocycles. The van der Waals surface area contributed by atoms with Crippen LogP contribution in [-0.4, -0.2) is 13.4 Å². The first kappa shape index (κ1) is 10.0. The van der Waals surface area contributed by atoms with E-state index in [2.05, 4.69) is 4.57 Å². The second-order valence-corrected chi connectivity index (χ2v) is 4.11. The van der Waals surface area contributed by atoms with E-state index in [1.54, 1.807) is 7.11 Å². The molecule has 1 aromatic heterocycles. The van der Waals surface area contributed by atoms with Crippen molar-refractivity contribution in [3.63, 3.8) is 0 Å². The fourth-order valence-electron chi connectivity index (χ4n) is 2.23.